The Morgan fingerprint density at radius 3 is 2.63 bits per heavy atom. The first-order valence-corrected chi connectivity index (χ1v) is 6.19. The number of ketones is 1. The molecule has 0 saturated carbocycles. The van der Waals surface area contributed by atoms with E-state index in [4.69, 9.17) is 10.00 Å². The number of hydrogen-bond acceptors (Lipinski definition) is 4. The van der Waals surface area contributed by atoms with Crippen LogP contribution in [0.3, 0.4) is 0 Å². The fourth-order valence-electron chi connectivity index (χ4n) is 2.03. The number of rotatable bonds is 6. The lowest BCUT2D eigenvalue weighted by atomic mass is 10.0. The highest BCUT2D eigenvalue weighted by Gasteiger charge is 2.10. The molecule has 1 rings (SSSR count). The number of nitriles is 1. The molecule has 0 spiro atoms. The maximum absolute atomic E-state index is 11.4. The van der Waals surface area contributed by atoms with E-state index in [0.29, 0.717) is 13.1 Å². The van der Waals surface area contributed by atoms with E-state index in [2.05, 4.69) is 6.07 Å². The minimum absolute atomic E-state index is 0.0229. The zero-order valence-electron chi connectivity index (χ0n) is 12.0. The molecule has 0 saturated heterocycles. The number of carbonyl (C=O) groups excluding carboxylic acids is 1. The molecule has 19 heavy (non-hydrogen) atoms. The van der Waals surface area contributed by atoms with Gasteiger partial charge in [0.2, 0.25) is 0 Å². The summed E-state index contributed by atoms with van der Waals surface area (Å²) in [6.07, 6.45) is -0.0229. The molecule has 0 atom stereocenters. The van der Waals surface area contributed by atoms with E-state index >= 15 is 0 Å². The summed E-state index contributed by atoms with van der Waals surface area (Å²) in [7, 11) is 3.54. The van der Waals surface area contributed by atoms with Crippen molar-refractivity contribution in [3.05, 3.63) is 28.8 Å². The van der Waals surface area contributed by atoms with Crippen molar-refractivity contribution < 1.29 is 9.53 Å². The molecule has 0 bridgehead atoms. The summed E-state index contributed by atoms with van der Waals surface area (Å²) in [6, 6.07) is 5.97. The molecule has 0 aliphatic heterocycles. The predicted octanol–water partition coefficient (Wildman–Crippen LogP) is 2.23. The second-order valence-corrected chi connectivity index (χ2v) is 4.79. The van der Waals surface area contributed by atoms with Crippen molar-refractivity contribution in [1.29, 1.82) is 5.26 Å². The van der Waals surface area contributed by atoms with Gasteiger partial charge in [0.1, 0.15) is 5.75 Å². The van der Waals surface area contributed by atoms with Crippen LogP contribution < -0.4 is 4.74 Å². The number of carbonyl (C=O) groups is 1. The van der Waals surface area contributed by atoms with Gasteiger partial charge in [0.05, 0.1) is 26.1 Å². The highest BCUT2D eigenvalue weighted by atomic mass is 16.5. The minimum Gasteiger partial charge on any atom is -0.496 e. The highest BCUT2D eigenvalue weighted by molar-refractivity contribution is 5.82. The lowest BCUT2D eigenvalue weighted by Crippen LogP contribution is -2.25. The first-order chi connectivity index (χ1) is 8.97. The van der Waals surface area contributed by atoms with Crippen LogP contribution in [0.1, 0.15) is 23.1 Å². The fraction of sp³-hybridized carbons (Fsp3) is 0.467. The molecule has 1 aromatic carbocycles. The Morgan fingerprint density at radius 1 is 1.37 bits per heavy atom. The van der Waals surface area contributed by atoms with Gasteiger partial charge in [0.15, 0.2) is 5.78 Å². The fourth-order valence-corrected chi connectivity index (χ4v) is 2.03. The summed E-state index contributed by atoms with van der Waals surface area (Å²) in [5, 5.41) is 8.47. The lowest BCUT2D eigenvalue weighted by Gasteiger charge is -2.18. The van der Waals surface area contributed by atoms with Gasteiger partial charge >= 0.3 is 0 Å². The topological polar surface area (TPSA) is 53.3 Å². The Morgan fingerprint density at radius 2 is 2.05 bits per heavy atom. The number of likely N-dealkylation sites (N-methyl/N-ethyl adjacent to an activating group) is 1. The van der Waals surface area contributed by atoms with Gasteiger partial charge in [-0.05, 0) is 43.7 Å². The molecule has 102 valence electrons. The molecular weight excluding hydrogens is 240 g/mol. The van der Waals surface area contributed by atoms with Gasteiger partial charge < -0.3 is 4.74 Å². The second kappa shape index (κ2) is 6.91. The molecule has 0 heterocycles. The van der Waals surface area contributed by atoms with Crippen LogP contribution in [0.2, 0.25) is 0 Å². The van der Waals surface area contributed by atoms with Crippen molar-refractivity contribution in [3.8, 4) is 11.8 Å². The van der Waals surface area contributed by atoms with E-state index in [1.807, 2.05) is 37.9 Å². The third-order valence-electron chi connectivity index (χ3n) is 3.02. The van der Waals surface area contributed by atoms with Crippen LogP contribution in [0.5, 0.6) is 5.75 Å². The third-order valence-corrected chi connectivity index (χ3v) is 3.02. The summed E-state index contributed by atoms with van der Waals surface area (Å²) >= 11 is 0. The van der Waals surface area contributed by atoms with Gasteiger partial charge in [0.25, 0.3) is 0 Å². The van der Waals surface area contributed by atoms with Crippen molar-refractivity contribution in [2.75, 3.05) is 20.7 Å². The highest BCUT2D eigenvalue weighted by Crippen LogP contribution is 2.23. The summed E-state index contributed by atoms with van der Waals surface area (Å²) in [4.78, 5) is 13.3. The van der Waals surface area contributed by atoms with Crippen LogP contribution in [-0.2, 0) is 11.3 Å². The minimum atomic E-state index is -0.0483. The van der Waals surface area contributed by atoms with Crippen molar-refractivity contribution in [3.63, 3.8) is 0 Å². The Balaban J connectivity index is 2.75. The Bertz CT molecular complexity index is 504. The van der Waals surface area contributed by atoms with E-state index in [9.17, 15) is 4.79 Å². The Kier molecular flexibility index (Phi) is 5.53. The average Bonchev–Trinajstić information content (AvgIpc) is 2.33. The normalized spacial score (nSPS) is 10.3. The van der Waals surface area contributed by atoms with Crippen LogP contribution >= 0.6 is 0 Å². The zero-order chi connectivity index (χ0) is 14.4. The molecule has 0 fully saturated rings. The number of Topliss-reactive ketones (excluding diaryl/α,β-unsaturated/α-hetero) is 1. The van der Waals surface area contributed by atoms with Crippen molar-refractivity contribution in [2.45, 2.75) is 26.8 Å². The Hall–Kier alpha value is -1.86. The quantitative estimate of drug-likeness (QED) is 0.787. The molecule has 1 aromatic rings. The summed E-state index contributed by atoms with van der Waals surface area (Å²) in [5.41, 5.74) is 3.40. The second-order valence-electron chi connectivity index (χ2n) is 4.79. The molecule has 4 nitrogen and oxygen atoms in total. The summed E-state index contributed by atoms with van der Waals surface area (Å²) in [5.74, 6) is 0.831. The molecule has 0 radical (unpaired) electrons. The number of hydrogen-bond donors (Lipinski definition) is 0. The van der Waals surface area contributed by atoms with Crippen LogP contribution in [-0.4, -0.2) is 31.4 Å². The standard InChI is InChI=1S/C15H20N2O2/c1-11-8-15(19-4)12(2)7-13(11)9-17(3)10-14(18)5-6-16/h7-8H,5,9-10H2,1-4H3. The van der Waals surface area contributed by atoms with E-state index in [1.54, 1.807) is 7.11 Å². The van der Waals surface area contributed by atoms with Gasteiger partial charge in [-0.25, -0.2) is 0 Å². The molecule has 0 N–H and O–H groups in total. The maximum Gasteiger partial charge on any atom is 0.160 e. The SMILES string of the molecule is COc1cc(C)c(CN(C)CC(=O)CC#N)cc1C. The number of methoxy groups -OCH3 is 1. The van der Waals surface area contributed by atoms with Gasteiger partial charge in [-0.3, -0.25) is 9.69 Å². The number of ether oxygens (including phenoxy) is 1. The average molecular weight is 260 g/mol. The molecule has 0 amide bonds. The smallest absolute Gasteiger partial charge is 0.160 e. The molecule has 4 heteroatoms. The van der Waals surface area contributed by atoms with Crippen molar-refractivity contribution in [1.82, 2.24) is 4.90 Å². The van der Waals surface area contributed by atoms with Crippen LogP contribution in [0.25, 0.3) is 0 Å². The molecule has 0 aliphatic rings. The van der Waals surface area contributed by atoms with Gasteiger partial charge in [0, 0.05) is 6.54 Å². The molecular formula is C15H20N2O2. The summed E-state index contributed by atoms with van der Waals surface area (Å²) < 4.78 is 5.28. The van der Waals surface area contributed by atoms with Crippen LogP contribution in [0.4, 0.5) is 0 Å². The number of aryl methyl sites for hydroxylation is 2. The molecule has 0 unspecified atom stereocenters. The monoisotopic (exact) mass is 260 g/mol. The van der Waals surface area contributed by atoms with E-state index in [-0.39, 0.29) is 12.2 Å². The van der Waals surface area contributed by atoms with Crippen LogP contribution in [0.15, 0.2) is 12.1 Å². The van der Waals surface area contributed by atoms with Gasteiger partial charge in [-0.15, -0.1) is 0 Å². The van der Waals surface area contributed by atoms with E-state index in [1.165, 1.54) is 5.56 Å². The molecule has 0 aliphatic carbocycles. The Labute approximate surface area is 114 Å². The first kappa shape index (κ1) is 15.2. The lowest BCUT2D eigenvalue weighted by molar-refractivity contribution is -0.119. The van der Waals surface area contributed by atoms with Gasteiger partial charge in [-0.2, -0.15) is 5.26 Å². The molecule has 0 aromatic heterocycles. The predicted molar refractivity (Wildman–Crippen MR) is 74.0 cm³/mol. The van der Waals surface area contributed by atoms with E-state index in [0.717, 1.165) is 16.9 Å². The van der Waals surface area contributed by atoms with Crippen molar-refractivity contribution >= 4 is 5.78 Å². The van der Waals surface area contributed by atoms with Gasteiger partial charge in [-0.1, -0.05) is 6.07 Å². The third kappa shape index (κ3) is 4.38. The van der Waals surface area contributed by atoms with Crippen LogP contribution in [0, 0.1) is 25.2 Å². The van der Waals surface area contributed by atoms with E-state index < -0.39 is 0 Å². The number of nitrogens with zero attached hydrogens (tertiary/aromatic N) is 2. The maximum atomic E-state index is 11.4. The first-order valence-electron chi connectivity index (χ1n) is 6.19. The summed E-state index contributed by atoms with van der Waals surface area (Å²) in [6.45, 7) is 5.02. The largest absolute Gasteiger partial charge is 0.496 e. The number of benzene rings is 1. The zero-order valence-corrected chi connectivity index (χ0v) is 12.0. The van der Waals surface area contributed by atoms with Crippen molar-refractivity contribution in [2.24, 2.45) is 0 Å².